The van der Waals surface area contributed by atoms with Crippen LogP contribution in [0.15, 0.2) is 21.3 Å². The molecule has 0 saturated carbocycles. The Morgan fingerprint density at radius 2 is 2.05 bits per heavy atom. The molecule has 1 N–H and O–H groups in total. The van der Waals surface area contributed by atoms with Crippen LogP contribution in [0.4, 0.5) is 13.2 Å². The van der Waals surface area contributed by atoms with Crippen molar-refractivity contribution in [2.75, 3.05) is 0 Å². The van der Waals surface area contributed by atoms with Gasteiger partial charge in [-0.25, -0.2) is 18.2 Å². The largest absolute Gasteiger partial charge is 0.448 e. The molecule has 4 nitrogen and oxygen atoms in total. The average Bonchev–Trinajstić information content (AvgIpc) is 2.74. The molecule has 3 aromatic rings. The summed E-state index contributed by atoms with van der Waals surface area (Å²) in [7, 11) is 0. The number of nitrogens with zero attached hydrogens (tertiary/aromatic N) is 1. The fraction of sp³-hybridized carbons (Fsp3) is 0.167. The van der Waals surface area contributed by atoms with E-state index < -0.39 is 23.6 Å². The van der Waals surface area contributed by atoms with Gasteiger partial charge in [-0.15, -0.1) is 0 Å². The molecule has 98 valence electrons. The quantitative estimate of drug-likeness (QED) is 0.737. The molecule has 19 heavy (non-hydrogen) atoms. The minimum absolute atomic E-state index is 0.0112. The zero-order valence-corrected chi connectivity index (χ0v) is 9.63. The number of H-pyrrole nitrogens is 1. The second-order valence-corrected chi connectivity index (χ2v) is 4.08. The Labute approximate surface area is 103 Å². The molecule has 2 heterocycles. The summed E-state index contributed by atoms with van der Waals surface area (Å²) < 4.78 is 43.8. The molecule has 0 bridgehead atoms. The van der Waals surface area contributed by atoms with E-state index in [1.54, 1.807) is 0 Å². The van der Waals surface area contributed by atoms with E-state index in [4.69, 9.17) is 4.42 Å². The molecule has 3 rings (SSSR count). The van der Waals surface area contributed by atoms with Crippen molar-refractivity contribution < 1.29 is 17.6 Å². The third-order valence-corrected chi connectivity index (χ3v) is 2.90. The molecular formula is C12H7F3N2O2. The van der Waals surface area contributed by atoms with Gasteiger partial charge in [0.25, 0.3) is 12.0 Å². The fourth-order valence-corrected chi connectivity index (χ4v) is 1.95. The minimum atomic E-state index is -2.90. The highest BCUT2D eigenvalue weighted by molar-refractivity contribution is 6.03. The molecule has 0 atom stereocenters. The summed E-state index contributed by atoms with van der Waals surface area (Å²) in [6.07, 6.45) is -2.90. The Hall–Kier alpha value is -2.31. The van der Waals surface area contributed by atoms with E-state index in [1.807, 2.05) is 4.98 Å². The number of aromatic amines is 1. The lowest BCUT2D eigenvalue weighted by Gasteiger charge is -1.97. The Morgan fingerprint density at radius 3 is 2.74 bits per heavy atom. The number of rotatable bonds is 1. The maximum absolute atomic E-state index is 13.4. The lowest BCUT2D eigenvalue weighted by molar-refractivity contribution is 0.140. The highest BCUT2D eigenvalue weighted by Gasteiger charge is 2.19. The molecule has 0 amide bonds. The van der Waals surface area contributed by atoms with E-state index in [9.17, 15) is 18.0 Å². The SMILES string of the molecule is Cc1c(F)ccc2c1oc1c(=O)[nH]c(C(F)F)nc12. The second-order valence-electron chi connectivity index (χ2n) is 4.08. The number of hydrogen-bond acceptors (Lipinski definition) is 3. The molecule has 0 aliphatic carbocycles. The van der Waals surface area contributed by atoms with Gasteiger partial charge in [-0.3, -0.25) is 4.79 Å². The Bertz CT molecular complexity index is 851. The van der Waals surface area contributed by atoms with Crippen LogP contribution >= 0.6 is 0 Å². The van der Waals surface area contributed by atoms with Crippen LogP contribution in [-0.4, -0.2) is 9.97 Å². The van der Waals surface area contributed by atoms with Crippen LogP contribution < -0.4 is 5.56 Å². The second kappa shape index (κ2) is 3.84. The third kappa shape index (κ3) is 1.61. The highest BCUT2D eigenvalue weighted by atomic mass is 19.3. The van der Waals surface area contributed by atoms with Crippen molar-refractivity contribution in [2.45, 2.75) is 13.3 Å². The topological polar surface area (TPSA) is 58.9 Å². The zero-order valence-electron chi connectivity index (χ0n) is 9.63. The molecule has 0 unspecified atom stereocenters. The summed E-state index contributed by atoms with van der Waals surface area (Å²) in [4.78, 5) is 17.3. The van der Waals surface area contributed by atoms with Crippen LogP contribution in [0, 0.1) is 12.7 Å². The predicted molar refractivity (Wildman–Crippen MR) is 61.8 cm³/mol. The molecule has 0 spiro atoms. The number of halogens is 3. The number of aromatic nitrogens is 2. The van der Waals surface area contributed by atoms with Crippen LogP contribution in [0.25, 0.3) is 22.1 Å². The van der Waals surface area contributed by atoms with Gasteiger partial charge < -0.3 is 9.40 Å². The monoisotopic (exact) mass is 268 g/mol. The van der Waals surface area contributed by atoms with Gasteiger partial charge >= 0.3 is 0 Å². The zero-order chi connectivity index (χ0) is 13.7. The molecule has 1 aromatic carbocycles. The van der Waals surface area contributed by atoms with Crippen molar-refractivity contribution in [3.63, 3.8) is 0 Å². The minimum Gasteiger partial charge on any atom is -0.448 e. The van der Waals surface area contributed by atoms with Crippen molar-refractivity contribution in [1.29, 1.82) is 0 Å². The smallest absolute Gasteiger partial charge is 0.295 e. The van der Waals surface area contributed by atoms with Crippen LogP contribution in [0.1, 0.15) is 17.8 Å². The number of benzene rings is 1. The van der Waals surface area contributed by atoms with E-state index in [0.29, 0.717) is 5.39 Å². The lowest BCUT2D eigenvalue weighted by Crippen LogP contribution is -2.10. The number of furan rings is 1. The van der Waals surface area contributed by atoms with Crippen LogP contribution in [0.3, 0.4) is 0 Å². The first-order chi connectivity index (χ1) is 8.99. The lowest BCUT2D eigenvalue weighted by atomic mass is 10.1. The standard InChI is InChI=1S/C12H7F3N2O2/c1-4-6(13)3-2-5-7-9(19-8(4)5)12(18)17-11(16-7)10(14)15/h2-3,10H,1H3,(H,16,17,18). The van der Waals surface area contributed by atoms with Crippen molar-refractivity contribution in [3.05, 3.63) is 39.7 Å². The summed E-state index contributed by atoms with van der Waals surface area (Å²) in [6, 6.07) is 2.53. The summed E-state index contributed by atoms with van der Waals surface area (Å²) in [5, 5.41) is 0.335. The summed E-state index contributed by atoms with van der Waals surface area (Å²) in [5.41, 5.74) is -0.644. The van der Waals surface area contributed by atoms with Crippen molar-refractivity contribution in [1.82, 2.24) is 9.97 Å². The molecule has 0 aliphatic rings. The molecule has 2 aromatic heterocycles. The van der Waals surface area contributed by atoms with Crippen LogP contribution in [0.2, 0.25) is 0 Å². The van der Waals surface area contributed by atoms with Gasteiger partial charge in [0.1, 0.15) is 16.9 Å². The Morgan fingerprint density at radius 1 is 1.32 bits per heavy atom. The predicted octanol–water partition coefficient (Wildman–Crippen LogP) is 3.05. The van der Waals surface area contributed by atoms with Gasteiger partial charge in [-0.05, 0) is 19.1 Å². The van der Waals surface area contributed by atoms with Gasteiger partial charge in [0.2, 0.25) is 5.58 Å². The maximum atomic E-state index is 13.4. The third-order valence-electron chi connectivity index (χ3n) is 2.90. The summed E-state index contributed by atoms with van der Waals surface area (Å²) in [5.74, 6) is -1.24. The highest BCUT2D eigenvalue weighted by Crippen LogP contribution is 2.29. The fourth-order valence-electron chi connectivity index (χ4n) is 1.95. The molecular weight excluding hydrogens is 261 g/mol. The molecule has 0 saturated heterocycles. The number of fused-ring (bicyclic) bond motifs is 3. The van der Waals surface area contributed by atoms with Gasteiger partial charge in [0, 0.05) is 10.9 Å². The van der Waals surface area contributed by atoms with E-state index in [2.05, 4.69) is 4.98 Å². The van der Waals surface area contributed by atoms with E-state index in [0.717, 1.165) is 0 Å². The van der Waals surface area contributed by atoms with Gasteiger partial charge in [0.05, 0.1) is 0 Å². The van der Waals surface area contributed by atoms with Crippen LogP contribution in [0.5, 0.6) is 0 Å². The Balaban J connectivity index is 2.51. The van der Waals surface area contributed by atoms with Gasteiger partial charge in [0.15, 0.2) is 5.82 Å². The first-order valence-corrected chi connectivity index (χ1v) is 5.38. The number of alkyl halides is 2. The summed E-state index contributed by atoms with van der Waals surface area (Å²) >= 11 is 0. The van der Waals surface area contributed by atoms with E-state index >= 15 is 0 Å². The molecule has 0 aliphatic heterocycles. The number of nitrogens with one attached hydrogen (secondary N) is 1. The normalized spacial score (nSPS) is 11.8. The Kier molecular flexibility index (Phi) is 2.38. The van der Waals surface area contributed by atoms with E-state index in [-0.39, 0.29) is 22.2 Å². The average molecular weight is 268 g/mol. The molecule has 7 heteroatoms. The maximum Gasteiger partial charge on any atom is 0.295 e. The van der Waals surface area contributed by atoms with Crippen molar-refractivity contribution >= 4 is 22.1 Å². The first-order valence-electron chi connectivity index (χ1n) is 5.38. The van der Waals surface area contributed by atoms with E-state index in [1.165, 1.54) is 19.1 Å². The van der Waals surface area contributed by atoms with Gasteiger partial charge in [-0.1, -0.05) is 0 Å². The number of hydrogen-bond donors (Lipinski definition) is 1. The van der Waals surface area contributed by atoms with Crippen LogP contribution in [-0.2, 0) is 0 Å². The first kappa shape index (κ1) is 11.8. The summed E-state index contributed by atoms with van der Waals surface area (Å²) in [6.45, 7) is 1.47. The molecule has 0 radical (unpaired) electrons. The van der Waals surface area contributed by atoms with Crippen molar-refractivity contribution in [2.24, 2.45) is 0 Å². The van der Waals surface area contributed by atoms with Crippen molar-refractivity contribution in [3.8, 4) is 0 Å². The van der Waals surface area contributed by atoms with Gasteiger partial charge in [-0.2, -0.15) is 0 Å². The molecule has 0 fully saturated rings. The number of aryl methyl sites for hydroxylation is 1.